The molecular formula is C20H27Cl2N3O. The molecule has 0 bridgehead atoms. The highest BCUT2D eigenvalue weighted by atomic mass is 35.5. The zero-order valence-electron chi connectivity index (χ0n) is 14.7. The van der Waals surface area contributed by atoms with Gasteiger partial charge >= 0.3 is 0 Å². The van der Waals surface area contributed by atoms with Crippen LogP contribution in [0.3, 0.4) is 0 Å². The Morgan fingerprint density at radius 2 is 1.54 bits per heavy atom. The van der Waals surface area contributed by atoms with Crippen LogP contribution in [0.2, 0.25) is 0 Å². The van der Waals surface area contributed by atoms with E-state index in [1.54, 1.807) is 0 Å². The van der Waals surface area contributed by atoms with Gasteiger partial charge in [-0.1, -0.05) is 48.5 Å². The van der Waals surface area contributed by atoms with Gasteiger partial charge in [-0.25, -0.2) is 0 Å². The Morgan fingerprint density at radius 3 is 2.12 bits per heavy atom. The number of nitrogens with zero attached hydrogens (tertiary/aromatic N) is 1. The van der Waals surface area contributed by atoms with Gasteiger partial charge in [0, 0.05) is 24.8 Å². The van der Waals surface area contributed by atoms with Crippen LogP contribution in [0.1, 0.15) is 18.4 Å². The molecule has 1 aliphatic heterocycles. The number of hydrogen-bond donors (Lipinski definition) is 2. The molecule has 0 spiro atoms. The van der Waals surface area contributed by atoms with E-state index in [0.29, 0.717) is 6.42 Å². The smallest absolute Gasteiger partial charge is 0.237 e. The Kier molecular flexibility index (Phi) is 9.49. The zero-order chi connectivity index (χ0) is 16.8. The highest BCUT2D eigenvalue weighted by molar-refractivity contribution is 5.85. The van der Waals surface area contributed by atoms with Gasteiger partial charge in [0.05, 0.1) is 6.04 Å². The predicted molar refractivity (Wildman–Crippen MR) is 112 cm³/mol. The van der Waals surface area contributed by atoms with Gasteiger partial charge in [-0.05, 0) is 37.0 Å². The van der Waals surface area contributed by atoms with Gasteiger partial charge in [-0.2, -0.15) is 0 Å². The fourth-order valence-electron chi connectivity index (χ4n) is 3.19. The largest absolute Gasteiger partial charge is 0.371 e. The molecule has 1 unspecified atom stereocenters. The van der Waals surface area contributed by atoms with Crippen molar-refractivity contribution in [2.45, 2.75) is 31.3 Å². The van der Waals surface area contributed by atoms with Crippen LogP contribution in [0.4, 0.5) is 5.69 Å². The lowest BCUT2D eigenvalue weighted by Crippen LogP contribution is -2.50. The molecular weight excluding hydrogens is 369 g/mol. The predicted octanol–water partition coefficient (Wildman–Crippen LogP) is 3.19. The maximum Gasteiger partial charge on any atom is 0.237 e. The molecule has 1 atom stereocenters. The Bertz CT molecular complexity index is 647. The van der Waals surface area contributed by atoms with Crippen LogP contribution in [0.5, 0.6) is 0 Å². The van der Waals surface area contributed by atoms with Crippen molar-refractivity contribution in [3.05, 3.63) is 66.2 Å². The van der Waals surface area contributed by atoms with Gasteiger partial charge in [-0.15, -0.1) is 24.8 Å². The van der Waals surface area contributed by atoms with Crippen LogP contribution < -0.4 is 16.0 Å². The number of hydrogen-bond acceptors (Lipinski definition) is 3. The van der Waals surface area contributed by atoms with Crippen molar-refractivity contribution in [2.24, 2.45) is 5.73 Å². The minimum atomic E-state index is -0.487. The van der Waals surface area contributed by atoms with Crippen LogP contribution >= 0.6 is 24.8 Å². The lowest BCUT2D eigenvalue weighted by Gasteiger charge is -2.34. The van der Waals surface area contributed by atoms with E-state index < -0.39 is 6.04 Å². The van der Waals surface area contributed by atoms with Crippen LogP contribution in [0, 0.1) is 0 Å². The fraction of sp³-hybridized carbons (Fsp3) is 0.350. The zero-order valence-corrected chi connectivity index (χ0v) is 16.3. The Hall–Kier alpha value is -1.75. The minimum Gasteiger partial charge on any atom is -0.371 e. The topological polar surface area (TPSA) is 58.4 Å². The first-order chi connectivity index (χ1) is 11.7. The van der Waals surface area contributed by atoms with Gasteiger partial charge in [0.2, 0.25) is 5.91 Å². The molecule has 1 amide bonds. The van der Waals surface area contributed by atoms with E-state index in [1.807, 2.05) is 36.4 Å². The van der Waals surface area contributed by atoms with Crippen molar-refractivity contribution >= 4 is 36.4 Å². The quantitative estimate of drug-likeness (QED) is 0.816. The molecule has 1 saturated heterocycles. The summed E-state index contributed by atoms with van der Waals surface area (Å²) in [5, 5.41) is 3.12. The van der Waals surface area contributed by atoms with Crippen molar-refractivity contribution in [3.63, 3.8) is 0 Å². The number of piperidine rings is 1. The number of para-hydroxylation sites is 1. The second kappa shape index (κ2) is 11.1. The van der Waals surface area contributed by atoms with E-state index in [-0.39, 0.29) is 36.8 Å². The number of nitrogens with one attached hydrogen (secondary N) is 1. The molecule has 1 fully saturated rings. The number of anilines is 1. The third kappa shape index (κ3) is 6.20. The summed E-state index contributed by atoms with van der Waals surface area (Å²) in [5.74, 6) is -0.0444. The van der Waals surface area contributed by atoms with Crippen molar-refractivity contribution in [1.82, 2.24) is 5.32 Å². The third-order valence-electron chi connectivity index (χ3n) is 4.60. The van der Waals surface area contributed by atoms with E-state index in [1.165, 1.54) is 5.69 Å². The number of rotatable bonds is 5. The van der Waals surface area contributed by atoms with Crippen molar-refractivity contribution in [1.29, 1.82) is 0 Å². The van der Waals surface area contributed by atoms with Crippen LogP contribution in [0.25, 0.3) is 0 Å². The second-order valence-corrected chi connectivity index (χ2v) is 6.40. The Balaban J connectivity index is 0.00000169. The van der Waals surface area contributed by atoms with Gasteiger partial charge in [0.15, 0.2) is 0 Å². The summed E-state index contributed by atoms with van der Waals surface area (Å²) in [6.07, 6.45) is 2.49. The van der Waals surface area contributed by atoms with Gasteiger partial charge < -0.3 is 16.0 Å². The molecule has 0 radical (unpaired) electrons. The highest BCUT2D eigenvalue weighted by Crippen LogP contribution is 2.19. The van der Waals surface area contributed by atoms with E-state index in [2.05, 4.69) is 34.5 Å². The molecule has 142 valence electrons. The lowest BCUT2D eigenvalue weighted by molar-refractivity contribution is -0.123. The summed E-state index contributed by atoms with van der Waals surface area (Å²) in [5.41, 5.74) is 8.41. The normalized spacial score (nSPS) is 15.3. The maximum atomic E-state index is 12.3. The Labute approximate surface area is 168 Å². The first-order valence-corrected chi connectivity index (χ1v) is 8.62. The Morgan fingerprint density at radius 1 is 1.00 bits per heavy atom. The number of amides is 1. The van der Waals surface area contributed by atoms with Crippen LogP contribution in [0.15, 0.2) is 60.7 Å². The summed E-state index contributed by atoms with van der Waals surface area (Å²) in [6, 6.07) is 20.1. The molecule has 4 nitrogen and oxygen atoms in total. The van der Waals surface area contributed by atoms with Crippen molar-refractivity contribution < 1.29 is 4.79 Å². The molecule has 0 aromatic heterocycles. The van der Waals surface area contributed by atoms with E-state index in [4.69, 9.17) is 5.73 Å². The first kappa shape index (κ1) is 22.3. The molecule has 3 rings (SSSR count). The number of carbonyl (C=O) groups is 1. The van der Waals surface area contributed by atoms with Crippen LogP contribution in [-0.4, -0.2) is 31.1 Å². The summed E-state index contributed by atoms with van der Waals surface area (Å²) in [7, 11) is 0. The summed E-state index contributed by atoms with van der Waals surface area (Å²) >= 11 is 0. The van der Waals surface area contributed by atoms with E-state index >= 15 is 0 Å². The van der Waals surface area contributed by atoms with Crippen molar-refractivity contribution in [3.8, 4) is 0 Å². The highest BCUT2D eigenvalue weighted by Gasteiger charge is 2.23. The van der Waals surface area contributed by atoms with Gasteiger partial charge in [0.1, 0.15) is 0 Å². The molecule has 0 saturated carbocycles. The van der Waals surface area contributed by atoms with Crippen LogP contribution in [-0.2, 0) is 11.2 Å². The SMILES string of the molecule is Cl.Cl.NC(Cc1ccccc1)C(=O)NC1CCN(c2ccccc2)CC1. The third-order valence-corrected chi connectivity index (χ3v) is 4.60. The van der Waals surface area contributed by atoms with E-state index in [9.17, 15) is 4.79 Å². The number of benzene rings is 2. The monoisotopic (exact) mass is 395 g/mol. The number of carbonyl (C=O) groups excluding carboxylic acids is 1. The van der Waals surface area contributed by atoms with Gasteiger partial charge in [0.25, 0.3) is 0 Å². The summed E-state index contributed by atoms with van der Waals surface area (Å²) in [4.78, 5) is 14.7. The molecule has 26 heavy (non-hydrogen) atoms. The first-order valence-electron chi connectivity index (χ1n) is 8.62. The second-order valence-electron chi connectivity index (χ2n) is 6.40. The minimum absolute atomic E-state index is 0. The molecule has 2 aromatic rings. The van der Waals surface area contributed by atoms with E-state index in [0.717, 1.165) is 31.5 Å². The molecule has 1 aliphatic rings. The maximum absolute atomic E-state index is 12.3. The fourth-order valence-corrected chi connectivity index (χ4v) is 3.19. The molecule has 1 heterocycles. The summed E-state index contributed by atoms with van der Waals surface area (Å²) < 4.78 is 0. The standard InChI is InChI=1S/C20H25N3O.2ClH/c21-19(15-16-7-3-1-4-8-16)20(24)22-17-11-13-23(14-12-17)18-9-5-2-6-10-18;;/h1-10,17,19H,11-15,21H2,(H,22,24);2*1H. The average Bonchev–Trinajstić information content (AvgIpc) is 2.64. The lowest BCUT2D eigenvalue weighted by atomic mass is 10.0. The number of halogens is 2. The molecule has 0 aliphatic carbocycles. The molecule has 2 aromatic carbocycles. The summed E-state index contributed by atoms with van der Waals surface area (Å²) in [6.45, 7) is 1.92. The average molecular weight is 396 g/mol. The number of nitrogens with two attached hydrogens (primary N) is 1. The van der Waals surface area contributed by atoms with Gasteiger partial charge in [-0.3, -0.25) is 4.79 Å². The molecule has 3 N–H and O–H groups in total. The molecule has 6 heteroatoms. The van der Waals surface area contributed by atoms with Crippen molar-refractivity contribution in [2.75, 3.05) is 18.0 Å².